The first-order valence-electron chi connectivity index (χ1n) is 8.03. The molecule has 0 unspecified atom stereocenters. The second-order valence-electron chi connectivity index (χ2n) is 7.06. The zero-order chi connectivity index (χ0) is 16.6. The molecule has 1 aromatic heterocycles. The molecule has 0 spiro atoms. The van der Waals surface area contributed by atoms with Gasteiger partial charge in [-0.15, -0.1) is 11.6 Å². The van der Waals surface area contributed by atoms with Crippen LogP contribution >= 0.6 is 11.6 Å². The number of carbonyl (C=O) groups excluding carboxylic acids is 2. The van der Waals surface area contributed by atoms with Gasteiger partial charge in [-0.2, -0.15) is 0 Å². The molecule has 2 amide bonds. The van der Waals surface area contributed by atoms with Crippen molar-refractivity contribution in [2.75, 3.05) is 5.88 Å². The Morgan fingerprint density at radius 3 is 2.65 bits per heavy atom. The van der Waals surface area contributed by atoms with E-state index in [0.717, 1.165) is 25.7 Å². The number of aromatic nitrogens is 1. The van der Waals surface area contributed by atoms with Crippen molar-refractivity contribution in [1.82, 2.24) is 15.2 Å². The van der Waals surface area contributed by atoms with E-state index in [2.05, 4.69) is 10.3 Å². The fourth-order valence-electron chi connectivity index (χ4n) is 2.32. The lowest BCUT2D eigenvalue weighted by Gasteiger charge is -2.29. The van der Waals surface area contributed by atoms with Gasteiger partial charge in [0.2, 0.25) is 11.8 Å². The molecule has 0 aromatic carbocycles. The molecule has 0 saturated heterocycles. The summed E-state index contributed by atoms with van der Waals surface area (Å²) in [5.74, 6) is 0.428. The molecule has 2 saturated carbocycles. The van der Waals surface area contributed by atoms with Crippen LogP contribution in [0.1, 0.15) is 55.9 Å². The predicted octanol–water partition coefficient (Wildman–Crippen LogP) is 2.32. The van der Waals surface area contributed by atoms with Crippen LogP contribution in [0, 0.1) is 5.41 Å². The summed E-state index contributed by atoms with van der Waals surface area (Å²) in [6, 6.07) is 0.498. The van der Waals surface area contributed by atoms with Crippen LogP contribution in [0.4, 0.5) is 0 Å². The van der Waals surface area contributed by atoms with Gasteiger partial charge in [0.15, 0.2) is 5.69 Å². The third-order valence-corrected chi connectivity index (χ3v) is 4.83. The van der Waals surface area contributed by atoms with Crippen LogP contribution in [-0.2, 0) is 11.3 Å². The van der Waals surface area contributed by atoms with Crippen molar-refractivity contribution in [3.05, 3.63) is 17.8 Å². The highest BCUT2D eigenvalue weighted by atomic mass is 35.5. The van der Waals surface area contributed by atoms with E-state index in [0.29, 0.717) is 5.89 Å². The highest BCUT2D eigenvalue weighted by molar-refractivity contribution is 6.19. The number of carbonyl (C=O) groups is 2. The first-order valence-corrected chi connectivity index (χ1v) is 8.56. The zero-order valence-corrected chi connectivity index (χ0v) is 14.2. The molecule has 2 aliphatic rings. The smallest absolute Gasteiger partial charge is 0.273 e. The highest BCUT2D eigenvalue weighted by Crippen LogP contribution is 2.33. The van der Waals surface area contributed by atoms with Gasteiger partial charge in [0, 0.05) is 18.0 Å². The molecule has 7 heteroatoms. The maximum atomic E-state index is 12.7. The number of hydrogen-bond acceptors (Lipinski definition) is 4. The Kier molecular flexibility index (Phi) is 4.36. The molecule has 2 fully saturated rings. The standard InChI is InChI=1S/C16H22ClN3O3/c1-16(2,9-17)15(22)20(11-5-6-11)7-13-19-12(8-23-13)14(21)18-10-3-4-10/h8,10-11H,3-7,9H2,1-2H3,(H,18,21). The summed E-state index contributed by atoms with van der Waals surface area (Å²) in [6.07, 6.45) is 5.37. The molecular formula is C16H22ClN3O3. The van der Waals surface area contributed by atoms with E-state index < -0.39 is 5.41 Å². The summed E-state index contributed by atoms with van der Waals surface area (Å²) in [4.78, 5) is 30.6. The van der Waals surface area contributed by atoms with E-state index >= 15 is 0 Å². The number of alkyl halides is 1. The molecule has 1 aromatic rings. The summed E-state index contributed by atoms with van der Waals surface area (Å²) in [5.41, 5.74) is -0.352. The second-order valence-corrected chi connectivity index (χ2v) is 7.32. The van der Waals surface area contributed by atoms with Crippen LogP contribution in [0.5, 0.6) is 0 Å². The average molecular weight is 340 g/mol. The number of rotatable bonds is 7. The van der Waals surface area contributed by atoms with Crippen LogP contribution < -0.4 is 5.32 Å². The van der Waals surface area contributed by atoms with Crippen molar-refractivity contribution in [1.29, 1.82) is 0 Å². The van der Waals surface area contributed by atoms with Crippen molar-refractivity contribution < 1.29 is 14.0 Å². The van der Waals surface area contributed by atoms with E-state index in [9.17, 15) is 9.59 Å². The Morgan fingerprint density at radius 2 is 2.09 bits per heavy atom. The number of oxazole rings is 1. The van der Waals surface area contributed by atoms with Crippen LogP contribution in [0.3, 0.4) is 0 Å². The maximum absolute atomic E-state index is 12.7. The average Bonchev–Trinajstić information content (AvgIpc) is 3.45. The summed E-state index contributed by atoms with van der Waals surface area (Å²) in [7, 11) is 0. The predicted molar refractivity (Wildman–Crippen MR) is 85.1 cm³/mol. The minimum absolute atomic E-state index is 0.00261. The van der Waals surface area contributed by atoms with Gasteiger partial charge in [0.1, 0.15) is 6.26 Å². The summed E-state index contributed by atoms with van der Waals surface area (Å²) >= 11 is 5.92. The van der Waals surface area contributed by atoms with Gasteiger partial charge in [-0.25, -0.2) is 4.98 Å². The molecule has 0 bridgehead atoms. The van der Waals surface area contributed by atoms with E-state index in [4.69, 9.17) is 16.0 Å². The van der Waals surface area contributed by atoms with Crippen molar-refractivity contribution >= 4 is 23.4 Å². The molecule has 3 rings (SSSR count). The van der Waals surface area contributed by atoms with Crippen molar-refractivity contribution in [2.45, 2.75) is 58.2 Å². The monoisotopic (exact) mass is 339 g/mol. The topological polar surface area (TPSA) is 75.4 Å². The van der Waals surface area contributed by atoms with Crippen molar-refractivity contribution in [2.24, 2.45) is 5.41 Å². The summed E-state index contributed by atoms with van der Waals surface area (Å²) in [6.45, 7) is 3.95. The second kappa shape index (κ2) is 6.15. The lowest BCUT2D eigenvalue weighted by molar-refractivity contribution is -0.140. The number of nitrogens with zero attached hydrogens (tertiary/aromatic N) is 2. The fraction of sp³-hybridized carbons (Fsp3) is 0.688. The first kappa shape index (κ1) is 16.3. The zero-order valence-electron chi connectivity index (χ0n) is 13.5. The Labute approximate surface area is 140 Å². The molecule has 6 nitrogen and oxygen atoms in total. The number of amides is 2. The van der Waals surface area contributed by atoms with Crippen molar-refractivity contribution in [3.8, 4) is 0 Å². The van der Waals surface area contributed by atoms with Gasteiger partial charge < -0.3 is 14.6 Å². The number of nitrogens with one attached hydrogen (secondary N) is 1. The van der Waals surface area contributed by atoms with Gasteiger partial charge in [-0.3, -0.25) is 9.59 Å². The quantitative estimate of drug-likeness (QED) is 0.773. The van der Waals surface area contributed by atoms with Gasteiger partial charge >= 0.3 is 0 Å². The van der Waals surface area contributed by atoms with E-state index in [-0.39, 0.29) is 42.0 Å². The normalized spacial score (nSPS) is 17.9. The molecule has 1 N–H and O–H groups in total. The van der Waals surface area contributed by atoms with Crippen LogP contribution in [0.15, 0.2) is 10.7 Å². The lowest BCUT2D eigenvalue weighted by Crippen LogP contribution is -2.42. The van der Waals surface area contributed by atoms with Gasteiger partial charge in [0.25, 0.3) is 5.91 Å². The minimum atomic E-state index is -0.622. The van der Waals surface area contributed by atoms with Crippen LogP contribution in [-0.4, -0.2) is 39.7 Å². The first-order chi connectivity index (χ1) is 10.9. The van der Waals surface area contributed by atoms with Crippen LogP contribution in [0.2, 0.25) is 0 Å². The summed E-state index contributed by atoms with van der Waals surface area (Å²) in [5, 5.41) is 2.87. The third-order valence-electron chi connectivity index (χ3n) is 4.16. The summed E-state index contributed by atoms with van der Waals surface area (Å²) < 4.78 is 5.39. The van der Waals surface area contributed by atoms with E-state index in [1.54, 1.807) is 4.90 Å². The number of halogens is 1. The van der Waals surface area contributed by atoms with Gasteiger partial charge in [-0.1, -0.05) is 0 Å². The number of hydrogen-bond donors (Lipinski definition) is 1. The lowest BCUT2D eigenvalue weighted by atomic mass is 9.94. The largest absolute Gasteiger partial charge is 0.446 e. The third kappa shape index (κ3) is 3.86. The molecule has 23 heavy (non-hydrogen) atoms. The molecule has 1 heterocycles. The van der Waals surface area contributed by atoms with Crippen molar-refractivity contribution in [3.63, 3.8) is 0 Å². The van der Waals surface area contributed by atoms with Gasteiger partial charge in [-0.05, 0) is 39.5 Å². The molecule has 2 aliphatic carbocycles. The van der Waals surface area contributed by atoms with Crippen LogP contribution in [0.25, 0.3) is 0 Å². The maximum Gasteiger partial charge on any atom is 0.273 e. The molecule has 126 valence electrons. The highest BCUT2D eigenvalue weighted by Gasteiger charge is 2.40. The fourth-order valence-corrected chi connectivity index (χ4v) is 2.43. The molecule has 0 radical (unpaired) electrons. The van der Waals surface area contributed by atoms with Gasteiger partial charge in [0.05, 0.1) is 12.0 Å². The SMILES string of the molecule is CC(C)(CCl)C(=O)N(Cc1nc(C(=O)NC2CC2)co1)C1CC1. The molecule has 0 aliphatic heterocycles. The Morgan fingerprint density at radius 1 is 1.39 bits per heavy atom. The minimum Gasteiger partial charge on any atom is -0.446 e. The Bertz CT molecular complexity index is 605. The van der Waals surface area contributed by atoms with E-state index in [1.807, 2.05) is 13.8 Å². The Hall–Kier alpha value is -1.56. The Balaban J connectivity index is 1.67. The molecular weight excluding hydrogens is 318 g/mol. The molecule has 0 atom stereocenters. The van der Waals surface area contributed by atoms with E-state index in [1.165, 1.54) is 6.26 Å².